The number of fused-ring (bicyclic) bond motifs is 1. The molecule has 2 aromatic carbocycles. The summed E-state index contributed by atoms with van der Waals surface area (Å²) in [4.78, 5) is 15.7. The molecular formula is C21H19Br2N7O3. The second-order valence-electron chi connectivity index (χ2n) is 7.11. The molecule has 12 heteroatoms. The Labute approximate surface area is 206 Å². The molecule has 0 saturated carbocycles. The molecule has 2 N–H and O–H groups in total. The lowest BCUT2D eigenvalue weighted by Gasteiger charge is -2.27. The number of nitrogens with one attached hydrogen (secondary N) is 2. The van der Waals surface area contributed by atoms with Gasteiger partial charge in [-0.15, -0.1) is 0 Å². The Morgan fingerprint density at radius 3 is 2.58 bits per heavy atom. The Hall–Kier alpha value is -2.96. The average molecular weight is 577 g/mol. The van der Waals surface area contributed by atoms with Crippen molar-refractivity contribution < 1.29 is 14.2 Å². The molecule has 0 aliphatic carbocycles. The van der Waals surface area contributed by atoms with E-state index in [0.717, 1.165) is 20.2 Å². The maximum Gasteiger partial charge on any atom is 0.250 e. The smallest absolute Gasteiger partial charge is 0.250 e. The minimum atomic E-state index is 0.212. The number of hydrogen-bond acceptors (Lipinski definition) is 10. The predicted octanol–water partition coefficient (Wildman–Crippen LogP) is 4.15. The highest BCUT2D eigenvalue weighted by molar-refractivity contribution is 9.10. The third-order valence-electron chi connectivity index (χ3n) is 4.86. The van der Waals surface area contributed by atoms with Gasteiger partial charge in [0.05, 0.1) is 19.4 Å². The maximum absolute atomic E-state index is 5.45. The van der Waals surface area contributed by atoms with Gasteiger partial charge in [0.2, 0.25) is 24.6 Å². The number of aromatic nitrogens is 3. The molecule has 1 fully saturated rings. The number of morpholine rings is 1. The largest absolute Gasteiger partial charge is 0.454 e. The van der Waals surface area contributed by atoms with E-state index < -0.39 is 0 Å². The van der Waals surface area contributed by atoms with Crippen molar-refractivity contribution in [2.45, 2.75) is 0 Å². The van der Waals surface area contributed by atoms with Gasteiger partial charge in [-0.1, -0.05) is 22.0 Å². The molecule has 2 aliphatic heterocycles. The second-order valence-corrected chi connectivity index (χ2v) is 8.88. The first kappa shape index (κ1) is 21.9. The highest BCUT2D eigenvalue weighted by Gasteiger charge is 2.18. The van der Waals surface area contributed by atoms with E-state index in [1.165, 1.54) is 0 Å². The monoisotopic (exact) mass is 575 g/mol. The Morgan fingerprint density at radius 2 is 1.76 bits per heavy atom. The van der Waals surface area contributed by atoms with Crippen molar-refractivity contribution in [1.29, 1.82) is 0 Å². The van der Waals surface area contributed by atoms with Gasteiger partial charge >= 0.3 is 0 Å². The number of ether oxygens (including phenoxy) is 3. The molecule has 0 spiro atoms. The molecule has 0 unspecified atom stereocenters. The van der Waals surface area contributed by atoms with Crippen LogP contribution in [0.3, 0.4) is 0 Å². The van der Waals surface area contributed by atoms with Gasteiger partial charge in [-0.3, -0.25) is 0 Å². The molecule has 33 heavy (non-hydrogen) atoms. The van der Waals surface area contributed by atoms with Crippen LogP contribution in [0, 0.1) is 0 Å². The first-order valence-corrected chi connectivity index (χ1v) is 11.7. The van der Waals surface area contributed by atoms with Gasteiger partial charge in [0.1, 0.15) is 0 Å². The van der Waals surface area contributed by atoms with E-state index in [1.54, 1.807) is 6.21 Å². The fraction of sp³-hybridized carbons (Fsp3) is 0.238. The molecule has 0 bridgehead atoms. The summed E-state index contributed by atoms with van der Waals surface area (Å²) in [6.07, 6.45) is 1.66. The Bertz CT molecular complexity index is 1190. The van der Waals surface area contributed by atoms with Crippen LogP contribution in [0.25, 0.3) is 0 Å². The van der Waals surface area contributed by atoms with Crippen molar-refractivity contribution in [2.24, 2.45) is 5.10 Å². The molecule has 170 valence electrons. The molecule has 5 rings (SSSR count). The van der Waals surface area contributed by atoms with Gasteiger partial charge in [-0.25, -0.2) is 5.43 Å². The van der Waals surface area contributed by atoms with Crippen molar-refractivity contribution in [3.05, 3.63) is 50.9 Å². The summed E-state index contributed by atoms with van der Waals surface area (Å²) in [5.74, 6) is 2.65. The topological polar surface area (TPSA) is 106 Å². The number of nitrogens with zero attached hydrogens (tertiary/aromatic N) is 5. The second kappa shape index (κ2) is 9.89. The zero-order valence-corrected chi connectivity index (χ0v) is 20.5. The van der Waals surface area contributed by atoms with E-state index in [9.17, 15) is 0 Å². The quantitative estimate of drug-likeness (QED) is 0.330. The van der Waals surface area contributed by atoms with E-state index in [2.05, 4.69) is 67.6 Å². The number of rotatable bonds is 6. The van der Waals surface area contributed by atoms with E-state index in [4.69, 9.17) is 14.2 Å². The van der Waals surface area contributed by atoms with Crippen LogP contribution in [0.2, 0.25) is 0 Å². The van der Waals surface area contributed by atoms with Gasteiger partial charge in [-0.05, 0) is 46.3 Å². The van der Waals surface area contributed by atoms with Gasteiger partial charge in [-0.2, -0.15) is 20.1 Å². The highest BCUT2D eigenvalue weighted by Crippen LogP contribution is 2.36. The van der Waals surface area contributed by atoms with E-state index in [1.807, 2.05) is 36.4 Å². The van der Waals surface area contributed by atoms with Crippen LogP contribution in [0.15, 0.2) is 50.4 Å². The van der Waals surface area contributed by atoms with Crippen molar-refractivity contribution in [3.8, 4) is 11.5 Å². The standard InChI is InChI=1S/C21H19Br2N7O3/c22-14-2-1-3-15(9-14)25-19-26-20(28-21(27-19)30-4-6-31-7-5-30)29-24-11-13-8-17-18(10-16(13)23)33-12-32-17/h1-3,8-11H,4-7,12H2,(H2,25,26,27,28,29)/b24-11-. The Morgan fingerprint density at radius 1 is 0.970 bits per heavy atom. The normalized spacial score (nSPS) is 15.2. The molecule has 0 atom stereocenters. The summed E-state index contributed by atoms with van der Waals surface area (Å²) in [6, 6.07) is 11.5. The van der Waals surface area contributed by atoms with Gasteiger partial charge in [0.25, 0.3) is 0 Å². The molecule has 0 amide bonds. The van der Waals surface area contributed by atoms with Gasteiger partial charge in [0.15, 0.2) is 11.5 Å². The third kappa shape index (κ3) is 5.34. The van der Waals surface area contributed by atoms with Crippen LogP contribution in [0.1, 0.15) is 5.56 Å². The van der Waals surface area contributed by atoms with Crippen molar-refractivity contribution >= 4 is 61.6 Å². The van der Waals surface area contributed by atoms with Crippen LogP contribution in [-0.2, 0) is 4.74 Å². The van der Waals surface area contributed by atoms with Crippen molar-refractivity contribution in [3.63, 3.8) is 0 Å². The number of hydrogen-bond donors (Lipinski definition) is 2. The minimum Gasteiger partial charge on any atom is -0.454 e. The van der Waals surface area contributed by atoms with Gasteiger partial charge < -0.3 is 24.4 Å². The van der Waals surface area contributed by atoms with Crippen LogP contribution in [-0.4, -0.2) is 54.3 Å². The molecule has 10 nitrogen and oxygen atoms in total. The summed E-state index contributed by atoms with van der Waals surface area (Å²) in [7, 11) is 0. The lowest BCUT2D eigenvalue weighted by molar-refractivity contribution is 0.122. The lowest BCUT2D eigenvalue weighted by atomic mass is 10.2. The summed E-state index contributed by atoms with van der Waals surface area (Å²) < 4.78 is 18.1. The summed E-state index contributed by atoms with van der Waals surface area (Å²) >= 11 is 7.01. The number of benzene rings is 2. The third-order valence-corrected chi connectivity index (χ3v) is 6.04. The van der Waals surface area contributed by atoms with E-state index in [-0.39, 0.29) is 6.79 Å². The summed E-state index contributed by atoms with van der Waals surface area (Å²) in [5, 5.41) is 7.54. The van der Waals surface area contributed by atoms with Crippen LogP contribution in [0.5, 0.6) is 11.5 Å². The molecule has 1 saturated heterocycles. The maximum atomic E-state index is 5.45. The Kier molecular flexibility index (Phi) is 6.55. The van der Waals surface area contributed by atoms with Crippen molar-refractivity contribution in [2.75, 3.05) is 48.7 Å². The average Bonchev–Trinajstić information content (AvgIpc) is 3.27. The zero-order valence-electron chi connectivity index (χ0n) is 17.3. The van der Waals surface area contributed by atoms with Crippen LogP contribution >= 0.6 is 31.9 Å². The molecule has 1 aromatic heterocycles. The molecule has 3 aromatic rings. The van der Waals surface area contributed by atoms with E-state index in [0.29, 0.717) is 55.6 Å². The molecule has 2 aliphatic rings. The number of anilines is 4. The first-order chi connectivity index (χ1) is 16.1. The highest BCUT2D eigenvalue weighted by atomic mass is 79.9. The molecular weight excluding hydrogens is 558 g/mol. The van der Waals surface area contributed by atoms with Crippen molar-refractivity contribution in [1.82, 2.24) is 15.0 Å². The number of halogens is 2. The Balaban J connectivity index is 1.39. The predicted molar refractivity (Wildman–Crippen MR) is 132 cm³/mol. The lowest BCUT2D eigenvalue weighted by Crippen LogP contribution is -2.37. The number of hydrazone groups is 1. The van der Waals surface area contributed by atoms with Crippen LogP contribution < -0.4 is 25.1 Å². The fourth-order valence-electron chi connectivity index (χ4n) is 3.26. The summed E-state index contributed by atoms with van der Waals surface area (Å²) in [6.45, 7) is 2.86. The first-order valence-electron chi connectivity index (χ1n) is 10.1. The SMILES string of the molecule is Brc1cccc(Nc2nc(N/N=C\c3cc4c(cc3Br)OCO4)nc(N3CCOCC3)n2)c1. The van der Waals surface area contributed by atoms with E-state index >= 15 is 0 Å². The minimum absolute atomic E-state index is 0.212. The molecule has 0 radical (unpaired) electrons. The fourth-order valence-corrected chi connectivity index (χ4v) is 4.09. The summed E-state index contributed by atoms with van der Waals surface area (Å²) in [5.41, 5.74) is 4.58. The van der Waals surface area contributed by atoms with Crippen LogP contribution in [0.4, 0.5) is 23.5 Å². The molecule has 3 heterocycles. The van der Waals surface area contributed by atoms with Gasteiger partial charge in [0, 0.05) is 33.3 Å². The zero-order chi connectivity index (χ0) is 22.6.